The second-order valence-electron chi connectivity index (χ2n) is 4.04. The molecular formula is C14H13BrN2O3. The molecule has 0 aliphatic carbocycles. The van der Waals surface area contributed by atoms with E-state index in [0.717, 1.165) is 10.2 Å². The molecule has 2 N–H and O–H groups in total. The molecule has 1 aromatic carbocycles. The zero-order chi connectivity index (χ0) is 14.5. The maximum atomic E-state index is 11.0. The Balaban J connectivity index is 2.16. The number of halogens is 1. The lowest BCUT2D eigenvalue weighted by Gasteiger charge is -2.11. The molecule has 0 fully saturated rings. The summed E-state index contributed by atoms with van der Waals surface area (Å²) in [5.74, 6) is -0.385. The summed E-state index contributed by atoms with van der Waals surface area (Å²) in [6.45, 7) is 0.479. The second kappa shape index (κ2) is 6.38. The van der Waals surface area contributed by atoms with Gasteiger partial charge in [0.15, 0.2) is 0 Å². The van der Waals surface area contributed by atoms with Gasteiger partial charge in [0.2, 0.25) is 0 Å². The molecule has 0 bridgehead atoms. The maximum Gasteiger partial charge on any atom is 0.335 e. The van der Waals surface area contributed by atoms with Gasteiger partial charge in [-0.3, -0.25) is 4.98 Å². The van der Waals surface area contributed by atoms with Gasteiger partial charge in [0.1, 0.15) is 5.75 Å². The number of methoxy groups -OCH3 is 1. The summed E-state index contributed by atoms with van der Waals surface area (Å²) in [7, 11) is 1.54. The molecule has 104 valence electrons. The SMILES string of the molecule is COc1ccc(C(=O)O)cc1NCc1ccc(Br)cn1. The van der Waals surface area contributed by atoms with Gasteiger partial charge in [-0.25, -0.2) is 4.79 Å². The van der Waals surface area contributed by atoms with Crippen molar-refractivity contribution in [2.45, 2.75) is 6.54 Å². The molecule has 0 spiro atoms. The number of anilines is 1. The van der Waals surface area contributed by atoms with Crippen LogP contribution >= 0.6 is 15.9 Å². The molecule has 0 radical (unpaired) electrons. The highest BCUT2D eigenvalue weighted by Gasteiger charge is 2.09. The van der Waals surface area contributed by atoms with Gasteiger partial charge in [-0.05, 0) is 46.3 Å². The van der Waals surface area contributed by atoms with Crippen LogP contribution < -0.4 is 10.1 Å². The normalized spacial score (nSPS) is 10.1. The monoisotopic (exact) mass is 336 g/mol. The summed E-state index contributed by atoms with van der Waals surface area (Å²) < 4.78 is 6.11. The van der Waals surface area contributed by atoms with E-state index in [2.05, 4.69) is 26.2 Å². The summed E-state index contributed by atoms with van der Waals surface area (Å²) in [6, 6.07) is 8.45. The van der Waals surface area contributed by atoms with Crippen molar-refractivity contribution < 1.29 is 14.6 Å². The van der Waals surface area contributed by atoms with E-state index in [-0.39, 0.29) is 5.56 Å². The third-order valence-electron chi connectivity index (χ3n) is 2.70. The predicted octanol–water partition coefficient (Wildman–Crippen LogP) is 3.16. The zero-order valence-corrected chi connectivity index (χ0v) is 12.3. The average Bonchev–Trinajstić information content (AvgIpc) is 2.46. The Morgan fingerprint density at radius 3 is 2.80 bits per heavy atom. The van der Waals surface area contributed by atoms with Gasteiger partial charge < -0.3 is 15.2 Å². The first kappa shape index (κ1) is 14.3. The topological polar surface area (TPSA) is 71.5 Å². The van der Waals surface area contributed by atoms with E-state index in [4.69, 9.17) is 9.84 Å². The highest BCUT2D eigenvalue weighted by Crippen LogP contribution is 2.26. The van der Waals surface area contributed by atoms with Crippen molar-refractivity contribution >= 4 is 27.6 Å². The van der Waals surface area contributed by atoms with E-state index in [1.807, 2.05) is 12.1 Å². The molecule has 2 aromatic rings. The number of pyridine rings is 1. The Morgan fingerprint density at radius 1 is 1.40 bits per heavy atom. The summed E-state index contributed by atoms with van der Waals surface area (Å²) in [5, 5.41) is 12.1. The quantitative estimate of drug-likeness (QED) is 0.877. The van der Waals surface area contributed by atoms with Crippen molar-refractivity contribution in [3.05, 3.63) is 52.3 Å². The molecule has 0 aliphatic heterocycles. The molecule has 0 aliphatic rings. The minimum Gasteiger partial charge on any atom is -0.495 e. The predicted molar refractivity (Wildman–Crippen MR) is 79.2 cm³/mol. The lowest BCUT2D eigenvalue weighted by atomic mass is 10.2. The van der Waals surface area contributed by atoms with Gasteiger partial charge in [-0.15, -0.1) is 0 Å². The van der Waals surface area contributed by atoms with Crippen LogP contribution in [0.15, 0.2) is 41.0 Å². The number of aromatic nitrogens is 1. The van der Waals surface area contributed by atoms with Crippen LogP contribution in [-0.4, -0.2) is 23.2 Å². The molecule has 5 nitrogen and oxygen atoms in total. The summed E-state index contributed by atoms with van der Waals surface area (Å²) in [5.41, 5.74) is 1.67. The molecule has 2 rings (SSSR count). The third kappa shape index (κ3) is 3.48. The van der Waals surface area contributed by atoms with Crippen LogP contribution in [0.25, 0.3) is 0 Å². The Kier molecular flexibility index (Phi) is 4.57. The molecule has 6 heteroatoms. The van der Waals surface area contributed by atoms with Crippen LogP contribution in [-0.2, 0) is 6.54 Å². The van der Waals surface area contributed by atoms with E-state index in [0.29, 0.717) is 18.0 Å². The minimum atomic E-state index is -0.975. The molecule has 0 unspecified atom stereocenters. The van der Waals surface area contributed by atoms with E-state index in [1.54, 1.807) is 25.4 Å². The number of carboxylic acid groups (broad SMARTS) is 1. The van der Waals surface area contributed by atoms with Gasteiger partial charge in [0, 0.05) is 10.7 Å². The summed E-state index contributed by atoms with van der Waals surface area (Å²) in [4.78, 5) is 15.2. The smallest absolute Gasteiger partial charge is 0.335 e. The van der Waals surface area contributed by atoms with Crippen LogP contribution in [0.4, 0.5) is 5.69 Å². The Hall–Kier alpha value is -2.08. The molecule has 0 saturated carbocycles. The van der Waals surface area contributed by atoms with Crippen molar-refractivity contribution in [2.75, 3.05) is 12.4 Å². The van der Waals surface area contributed by atoms with Crippen molar-refractivity contribution in [3.63, 3.8) is 0 Å². The van der Waals surface area contributed by atoms with Crippen LogP contribution in [0.3, 0.4) is 0 Å². The number of rotatable bonds is 5. The van der Waals surface area contributed by atoms with Crippen LogP contribution in [0, 0.1) is 0 Å². The van der Waals surface area contributed by atoms with Crippen molar-refractivity contribution in [1.82, 2.24) is 4.98 Å². The van der Waals surface area contributed by atoms with Crippen molar-refractivity contribution in [3.8, 4) is 5.75 Å². The number of carbonyl (C=O) groups is 1. The van der Waals surface area contributed by atoms with Gasteiger partial charge in [0.05, 0.1) is 30.6 Å². The fraction of sp³-hybridized carbons (Fsp3) is 0.143. The number of ether oxygens (including phenoxy) is 1. The van der Waals surface area contributed by atoms with E-state index >= 15 is 0 Å². The fourth-order valence-corrected chi connectivity index (χ4v) is 1.91. The van der Waals surface area contributed by atoms with Gasteiger partial charge in [0.25, 0.3) is 0 Å². The highest BCUT2D eigenvalue weighted by molar-refractivity contribution is 9.10. The number of nitrogens with zero attached hydrogens (tertiary/aromatic N) is 1. The average molecular weight is 337 g/mol. The molecule has 0 saturated heterocycles. The van der Waals surface area contributed by atoms with E-state index < -0.39 is 5.97 Å². The molecule has 1 heterocycles. The Morgan fingerprint density at radius 2 is 2.20 bits per heavy atom. The number of aromatic carboxylic acids is 1. The first-order valence-electron chi connectivity index (χ1n) is 5.86. The van der Waals surface area contributed by atoms with Gasteiger partial charge >= 0.3 is 5.97 Å². The Bertz CT molecular complexity index is 614. The first-order valence-corrected chi connectivity index (χ1v) is 6.65. The highest BCUT2D eigenvalue weighted by atomic mass is 79.9. The maximum absolute atomic E-state index is 11.0. The number of carboxylic acids is 1. The fourth-order valence-electron chi connectivity index (χ4n) is 1.68. The molecule has 0 atom stereocenters. The van der Waals surface area contributed by atoms with Crippen LogP contribution in [0.2, 0.25) is 0 Å². The van der Waals surface area contributed by atoms with Crippen LogP contribution in [0.1, 0.15) is 16.1 Å². The van der Waals surface area contributed by atoms with Crippen LogP contribution in [0.5, 0.6) is 5.75 Å². The van der Waals surface area contributed by atoms with E-state index in [9.17, 15) is 4.79 Å². The second-order valence-corrected chi connectivity index (χ2v) is 4.96. The first-order chi connectivity index (χ1) is 9.60. The minimum absolute atomic E-state index is 0.206. The number of benzene rings is 1. The number of hydrogen-bond donors (Lipinski definition) is 2. The summed E-state index contributed by atoms with van der Waals surface area (Å²) >= 11 is 3.32. The molecule has 1 aromatic heterocycles. The lowest BCUT2D eigenvalue weighted by molar-refractivity contribution is 0.0697. The lowest BCUT2D eigenvalue weighted by Crippen LogP contribution is -2.05. The molecule has 20 heavy (non-hydrogen) atoms. The third-order valence-corrected chi connectivity index (χ3v) is 3.16. The summed E-state index contributed by atoms with van der Waals surface area (Å²) in [6.07, 6.45) is 1.71. The van der Waals surface area contributed by atoms with Crippen molar-refractivity contribution in [2.24, 2.45) is 0 Å². The van der Waals surface area contributed by atoms with Gasteiger partial charge in [-0.2, -0.15) is 0 Å². The number of hydrogen-bond acceptors (Lipinski definition) is 4. The standard InChI is InChI=1S/C14H13BrN2O3/c1-20-13-5-2-9(14(18)19)6-12(13)17-8-11-4-3-10(15)7-16-11/h2-7,17H,8H2,1H3,(H,18,19). The van der Waals surface area contributed by atoms with Crippen molar-refractivity contribution in [1.29, 1.82) is 0 Å². The molecular weight excluding hydrogens is 324 g/mol. The Labute approximate surface area is 124 Å². The van der Waals surface area contributed by atoms with Gasteiger partial charge in [-0.1, -0.05) is 0 Å². The van der Waals surface area contributed by atoms with E-state index in [1.165, 1.54) is 6.07 Å². The molecule has 0 amide bonds. The largest absolute Gasteiger partial charge is 0.495 e. The number of nitrogens with one attached hydrogen (secondary N) is 1. The zero-order valence-electron chi connectivity index (χ0n) is 10.8.